The summed E-state index contributed by atoms with van der Waals surface area (Å²) in [6.45, 7) is 3.58. The Balaban J connectivity index is 1.82. The van der Waals surface area contributed by atoms with Gasteiger partial charge in [-0.3, -0.25) is 9.25 Å². The van der Waals surface area contributed by atoms with Crippen molar-refractivity contribution in [2.24, 2.45) is 7.05 Å². The van der Waals surface area contributed by atoms with E-state index in [1.54, 1.807) is 60.6 Å². The van der Waals surface area contributed by atoms with Crippen LogP contribution in [0.5, 0.6) is 11.5 Å². The van der Waals surface area contributed by atoms with Crippen LogP contribution in [0.3, 0.4) is 0 Å². The molecule has 3 heterocycles. The first-order chi connectivity index (χ1) is 18.2. The average molecular weight is 562 g/mol. The second-order valence-corrected chi connectivity index (χ2v) is 11.1. The molecule has 0 aliphatic rings. The lowest BCUT2D eigenvalue weighted by molar-refractivity contribution is 0.0556. The summed E-state index contributed by atoms with van der Waals surface area (Å²) in [5, 5.41) is 12.3. The fourth-order valence-electron chi connectivity index (χ4n) is 3.97. The van der Waals surface area contributed by atoms with Gasteiger partial charge in [0, 0.05) is 32.2 Å². The van der Waals surface area contributed by atoms with Gasteiger partial charge in [0.1, 0.15) is 34.7 Å². The average Bonchev–Trinajstić information content (AvgIpc) is 3.52. The van der Waals surface area contributed by atoms with Crippen molar-refractivity contribution >= 4 is 21.4 Å². The van der Waals surface area contributed by atoms with E-state index in [2.05, 4.69) is 25.3 Å². The van der Waals surface area contributed by atoms with E-state index in [9.17, 15) is 8.42 Å². The highest BCUT2D eigenvalue weighted by Gasteiger charge is 2.36. The molecular weight excluding hydrogens is 534 g/mol. The zero-order chi connectivity index (χ0) is 27.4. The third-order valence-electron chi connectivity index (χ3n) is 5.86. The summed E-state index contributed by atoms with van der Waals surface area (Å²) in [7, 11) is 0.905. The molecule has 202 valence electrons. The van der Waals surface area contributed by atoms with E-state index in [1.807, 2.05) is 0 Å². The number of hydrogen-bond donors (Lipinski definition) is 0. The molecule has 0 unspecified atom stereocenters. The fraction of sp³-hybridized carbons (Fsp3) is 0.375. The Hall–Kier alpha value is -3.55. The lowest BCUT2D eigenvalue weighted by Crippen LogP contribution is -2.30. The molecule has 14 heteroatoms. The monoisotopic (exact) mass is 561 g/mol. The molecule has 4 rings (SSSR count). The van der Waals surface area contributed by atoms with E-state index < -0.39 is 26.9 Å². The number of aromatic nitrogens is 7. The molecule has 1 aromatic carbocycles. The Morgan fingerprint density at radius 3 is 2.26 bits per heavy atom. The van der Waals surface area contributed by atoms with Crippen molar-refractivity contribution in [2.75, 3.05) is 20.8 Å². The molecule has 0 saturated carbocycles. The van der Waals surface area contributed by atoms with Gasteiger partial charge in [-0.25, -0.2) is 18.4 Å². The first-order valence-corrected chi connectivity index (χ1v) is 13.8. The summed E-state index contributed by atoms with van der Waals surface area (Å²) in [4.78, 5) is 8.37. The van der Waals surface area contributed by atoms with E-state index in [4.69, 9.17) is 25.8 Å². The molecule has 38 heavy (non-hydrogen) atoms. The van der Waals surface area contributed by atoms with Gasteiger partial charge in [0.15, 0.2) is 27.3 Å². The standard InChI is InChI=1S/C24H28ClN7O5S/c1-6-37-22(23-26-12-16(25)13-27-23)15(2)38(33,34)14-20-28-29-24(17-10-11-31(3)30-17)32(20)21-18(35-4)8-7-9-19(21)36-5/h7-13,15,22H,6,14H2,1-5H3/t15-,22-/m1/s1. The van der Waals surface area contributed by atoms with Gasteiger partial charge in [-0.05, 0) is 32.0 Å². The molecule has 12 nitrogen and oxygen atoms in total. The van der Waals surface area contributed by atoms with Gasteiger partial charge >= 0.3 is 0 Å². The number of methoxy groups -OCH3 is 2. The molecule has 4 aromatic rings. The van der Waals surface area contributed by atoms with Crippen molar-refractivity contribution in [3.63, 3.8) is 0 Å². The van der Waals surface area contributed by atoms with E-state index >= 15 is 0 Å². The fourth-order valence-corrected chi connectivity index (χ4v) is 5.45. The summed E-state index contributed by atoms with van der Waals surface area (Å²) >= 11 is 5.92. The molecule has 0 aliphatic heterocycles. The number of rotatable bonds is 11. The lowest BCUT2D eigenvalue weighted by atomic mass is 10.2. The molecule has 0 spiro atoms. The number of para-hydroxylation sites is 1. The molecular formula is C24H28ClN7O5S. The van der Waals surface area contributed by atoms with Crippen molar-refractivity contribution in [3.8, 4) is 28.7 Å². The van der Waals surface area contributed by atoms with Crippen molar-refractivity contribution in [3.05, 3.63) is 59.5 Å². The number of benzene rings is 1. The van der Waals surface area contributed by atoms with Crippen LogP contribution in [0.15, 0.2) is 42.9 Å². The van der Waals surface area contributed by atoms with Gasteiger partial charge in [-0.1, -0.05) is 17.7 Å². The minimum Gasteiger partial charge on any atom is -0.494 e. The summed E-state index contributed by atoms with van der Waals surface area (Å²) in [6.07, 6.45) is 3.64. The van der Waals surface area contributed by atoms with Crippen LogP contribution in [-0.2, 0) is 27.4 Å². The highest BCUT2D eigenvalue weighted by Crippen LogP contribution is 2.37. The summed E-state index contributed by atoms with van der Waals surface area (Å²) in [6, 6.07) is 7.00. The molecule has 0 radical (unpaired) electrons. The van der Waals surface area contributed by atoms with E-state index in [1.165, 1.54) is 26.6 Å². The Morgan fingerprint density at radius 1 is 1.05 bits per heavy atom. The number of ether oxygens (including phenoxy) is 3. The molecule has 0 aliphatic carbocycles. The van der Waals surface area contributed by atoms with Crippen LogP contribution < -0.4 is 9.47 Å². The number of nitrogens with zero attached hydrogens (tertiary/aromatic N) is 7. The summed E-state index contributed by atoms with van der Waals surface area (Å²) in [5.41, 5.74) is 0.940. The SMILES string of the molecule is CCO[C@@H](c1ncc(Cl)cn1)[C@@H](C)S(=O)(=O)Cc1nnc(-c2ccn(C)n2)n1-c1c(OC)cccc1OC. The highest BCUT2D eigenvalue weighted by molar-refractivity contribution is 7.91. The second-order valence-electron chi connectivity index (χ2n) is 8.31. The van der Waals surface area contributed by atoms with Crippen LogP contribution in [0, 0.1) is 0 Å². The van der Waals surface area contributed by atoms with Crippen LogP contribution in [0.4, 0.5) is 0 Å². The van der Waals surface area contributed by atoms with Crippen molar-refractivity contribution < 1.29 is 22.6 Å². The third kappa shape index (κ3) is 5.49. The zero-order valence-electron chi connectivity index (χ0n) is 21.6. The van der Waals surface area contributed by atoms with Crippen molar-refractivity contribution in [1.29, 1.82) is 0 Å². The normalized spacial score (nSPS) is 13.3. The van der Waals surface area contributed by atoms with Crippen molar-refractivity contribution in [2.45, 2.75) is 31.0 Å². The zero-order valence-corrected chi connectivity index (χ0v) is 23.1. The van der Waals surface area contributed by atoms with Crippen LogP contribution in [0.2, 0.25) is 5.02 Å². The van der Waals surface area contributed by atoms with Gasteiger partial charge in [0.2, 0.25) is 0 Å². The van der Waals surface area contributed by atoms with Crippen LogP contribution in [0.1, 0.15) is 31.6 Å². The minimum absolute atomic E-state index is 0.146. The summed E-state index contributed by atoms with van der Waals surface area (Å²) < 4.78 is 47.7. The van der Waals surface area contributed by atoms with Crippen LogP contribution >= 0.6 is 11.6 Å². The predicted molar refractivity (Wildman–Crippen MR) is 140 cm³/mol. The smallest absolute Gasteiger partial charge is 0.189 e. The molecule has 0 saturated heterocycles. The largest absolute Gasteiger partial charge is 0.494 e. The molecule has 3 aromatic heterocycles. The van der Waals surface area contributed by atoms with Crippen LogP contribution in [-0.4, -0.2) is 69.0 Å². The van der Waals surface area contributed by atoms with Crippen LogP contribution in [0.25, 0.3) is 17.2 Å². The van der Waals surface area contributed by atoms with Gasteiger partial charge in [0.05, 0.1) is 24.5 Å². The minimum atomic E-state index is -3.89. The maximum atomic E-state index is 13.8. The quantitative estimate of drug-likeness (QED) is 0.268. The molecule has 0 amide bonds. The number of sulfone groups is 1. The maximum absolute atomic E-state index is 13.8. The first-order valence-electron chi connectivity index (χ1n) is 11.7. The maximum Gasteiger partial charge on any atom is 0.189 e. The first kappa shape index (κ1) is 27.5. The van der Waals surface area contributed by atoms with Crippen molar-refractivity contribution in [1.82, 2.24) is 34.5 Å². The number of aryl methyl sites for hydroxylation is 1. The van der Waals surface area contributed by atoms with E-state index in [-0.39, 0.29) is 18.3 Å². The van der Waals surface area contributed by atoms with E-state index in [0.29, 0.717) is 33.7 Å². The Labute approximate surface area is 225 Å². The molecule has 2 atom stereocenters. The molecule has 0 bridgehead atoms. The van der Waals surface area contributed by atoms with E-state index in [0.717, 1.165) is 0 Å². The van der Waals surface area contributed by atoms with Gasteiger partial charge < -0.3 is 14.2 Å². The number of halogens is 1. The van der Waals surface area contributed by atoms with Gasteiger partial charge in [-0.2, -0.15) is 5.10 Å². The third-order valence-corrected chi connectivity index (χ3v) is 8.10. The second kappa shape index (κ2) is 11.5. The summed E-state index contributed by atoms with van der Waals surface area (Å²) in [5.74, 6) is 1.10. The molecule has 0 fully saturated rings. The Morgan fingerprint density at radius 2 is 1.71 bits per heavy atom. The van der Waals surface area contributed by atoms with Gasteiger partial charge in [0.25, 0.3) is 0 Å². The predicted octanol–water partition coefficient (Wildman–Crippen LogP) is 3.21. The topological polar surface area (TPSA) is 136 Å². The lowest BCUT2D eigenvalue weighted by Gasteiger charge is -2.23. The number of hydrogen-bond acceptors (Lipinski definition) is 10. The molecule has 0 N–H and O–H groups in total. The Bertz CT molecular complexity index is 1480. The highest BCUT2D eigenvalue weighted by atomic mass is 35.5. The Kier molecular flexibility index (Phi) is 8.29. The van der Waals surface area contributed by atoms with Gasteiger partial charge in [-0.15, -0.1) is 10.2 Å².